The summed E-state index contributed by atoms with van der Waals surface area (Å²) in [7, 11) is 0. The van der Waals surface area contributed by atoms with E-state index in [1.165, 1.54) is 5.56 Å². The lowest BCUT2D eigenvalue weighted by molar-refractivity contribution is 0.0360. The van der Waals surface area contributed by atoms with Crippen molar-refractivity contribution >= 4 is 11.0 Å². The van der Waals surface area contributed by atoms with Gasteiger partial charge in [-0.25, -0.2) is 4.68 Å². The molecule has 30 heavy (non-hydrogen) atoms. The average Bonchev–Trinajstić information content (AvgIpc) is 3.44. The highest BCUT2D eigenvalue weighted by atomic mass is 16.5. The summed E-state index contributed by atoms with van der Waals surface area (Å²) in [5.74, 6) is 1.23. The Bertz CT molecular complexity index is 1100. The van der Waals surface area contributed by atoms with Crippen LogP contribution < -0.4 is 0 Å². The molecule has 0 N–H and O–H groups in total. The molecule has 0 saturated carbocycles. The summed E-state index contributed by atoms with van der Waals surface area (Å²) in [5.41, 5.74) is 4.00. The van der Waals surface area contributed by atoms with Gasteiger partial charge in [-0.3, -0.25) is 4.90 Å². The van der Waals surface area contributed by atoms with E-state index >= 15 is 0 Å². The van der Waals surface area contributed by atoms with Crippen molar-refractivity contribution < 1.29 is 9.26 Å². The maximum atomic E-state index is 5.45. The van der Waals surface area contributed by atoms with Gasteiger partial charge in [-0.15, -0.1) is 5.10 Å². The van der Waals surface area contributed by atoms with E-state index in [0.717, 1.165) is 68.8 Å². The normalized spacial score (nSPS) is 15.1. The number of fused-ring (bicyclic) bond motifs is 1. The highest BCUT2D eigenvalue weighted by molar-refractivity contribution is 5.79. The number of ether oxygens (including phenoxy) is 1. The summed E-state index contributed by atoms with van der Waals surface area (Å²) in [6, 6.07) is 16.3. The number of aromatic nitrogens is 5. The molecule has 0 spiro atoms. The number of hydrogen-bond acceptors (Lipinski definition) is 7. The Morgan fingerprint density at radius 3 is 2.67 bits per heavy atom. The fourth-order valence-corrected chi connectivity index (χ4v) is 3.71. The molecular formula is C22H24N6O2. The molecular weight excluding hydrogens is 380 g/mol. The molecule has 1 aliphatic rings. The zero-order valence-corrected chi connectivity index (χ0v) is 16.8. The SMILES string of the molecule is c1ccc(CCc2nc(-c3ccc4c(c3)nnn4CCN3CCOCC3)no2)cc1. The van der Waals surface area contributed by atoms with Gasteiger partial charge in [0.05, 0.1) is 25.3 Å². The molecule has 0 aliphatic carbocycles. The summed E-state index contributed by atoms with van der Waals surface area (Å²) in [6.07, 6.45) is 1.59. The van der Waals surface area contributed by atoms with Crippen molar-refractivity contribution in [1.82, 2.24) is 30.0 Å². The van der Waals surface area contributed by atoms with Crippen molar-refractivity contribution in [2.24, 2.45) is 0 Å². The molecule has 8 heteroatoms. The zero-order valence-electron chi connectivity index (χ0n) is 16.8. The second-order valence-corrected chi connectivity index (χ2v) is 7.47. The fraction of sp³-hybridized carbons (Fsp3) is 0.364. The molecule has 154 valence electrons. The van der Waals surface area contributed by atoms with Crippen LogP contribution in [-0.4, -0.2) is 62.9 Å². The van der Waals surface area contributed by atoms with Gasteiger partial charge in [0.15, 0.2) is 0 Å². The van der Waals surface area contributed by atoms with Crippen LogP contribution in [0.3, 0.4) is 0 Å². The summed E-state index contributed by atoms with van der Waals surface area (Å²) in [5, 5.41) is 12.8. The van der Waals surface area contributed by atoms with Gasteiger partial charge >= 0.3 is 0 Å². The predicted octanol–water partition coefficient (Wildman–Crippen LogP) is 2.60. The highest BCUT2D eigenvalue weighted by Crippen LogP contribution is 2.21. The quantitative estimate of drug-likeness (QED) is 0.468. The molecule has 5 rings (SSSR count). The summed E-state index contributed by atoms with van der Waals surface area (Å²) < 4.78 is 12.8. The summed E-state index contributed by atoms with van der Waals surface area (Å²) in [4.78, 5) is 6.95. The van der Waals surface area contributed by atoms with E-state index in [1.807, 2.05) is 41.1 Å². The van der Waals surface area contributed by atoms with Crippen molar-refractivity contribution in [1.29, 1.82) is 0 Å². The standard InChI is InChI=1S/C22H24N6O2/c1-2-4-17(5-3-1)6-9-21-23-22(25-30-21)18-7-8-20-19(16-18)24-26-28(20)11-10-27-12-14-29-15-13-27/h1-5,7-8,16H,6,9-15H2. The van der Waals surface area contributed by atoms with Gasteiger partial charge in [-0.05, 0) is 30.2 Å². The number of hydrogen-bond donors (Lipinski definition) is 0. The monoisotopic (exact) mass is 404 g/mol. The molecule has 2 aromatic carbocycles. The molecule has 4 aromatic rings. The van der Waals surface area contributed by atoms with Gasteiger partial charge < -0.3 is 9.26 Å². The second-order valence-electron chi connectivity index (χ2n) is 7.47. The molecule has 0 radical (unpaired) electrons. The Balaban J connectivity index is 1.26. The van der Waals surface area contributed by atoms with E-state index in [-0.39, 0.29) is 0 Å². The lowest BCUT2D eigenvalue weighted by atomic mass is 10.1. The first-order valence-corrected chi connectivity index (χ1v) is 10.4. The first-order valence-electron chi connectivity index (χ1n) is 10.4. The minimum atomic E-state index is 0.586. The predicted molar refractivity (Wildman–Crippen MR) is 112 cm³/mol. The van der Waals surface area contributed by atoms with Crippen molar-refractivity contribution in [3.05, 3.63) is 60.0 Å². The molecule has 0 atom stereocenters. The van der Waals surface area contributed by atoms with Gasteiger partial charge in [-0.1, -0.05) is 40.7 Å². The van der Waals surface area contributed by atoms with Crippen LogP contribution >= 0.6 is 0 Å². The van der Waals surface area contributed by atoms with Crippen LogP contribution in [0.25, 0.3) is 22.4 Å². The van der Waals surface area contributed by atoms with Crippen molar-refractivity contribution in [3.63, 3.8) is 0 Å². The number of nitrogens with zero attached hydrogens (tertiary/aromatic N) is 6. The van der Waals surface area contributed by atoms with E-state index in [0.29, 0.717) is 11.7 Å². The van der Waals surface area contributed by atoms with Gasteiger partial charge in [0.1, 0.15) is 5.52 Å². The van der Waals surface area contributed by atoms with Crippen molar-refractivity contribution in [2.45, 2.75) is 19.4 Å². The third-order valence-corrected chi connectivity index (χ3v) is 5.44. The first-order chi connectivity index (χ1) is 14.8. The number of rotatable bonds is 7. The fourth-order valence-electron chi connectivity index (χ4n) is 3.71. The third-order valence-electron chi connectivity index (χ3n) is 5.44. The summed E-state index contributed by atoms with van der Waals surface area (Å²) >= 11 is 0. The van der Waals surface area contributed by atoms with E-state index in [2.05, 4.69) is 37.5 Å². The lowest BCUT2D eigenvalue weighted by Gasteiger charge is -2.26. The van der Waals surface area contributed by atoms with Crippen LogP contribution in [0.5, 0.6) is 0 Å². The molecule has 8 nitrogen and oxygen atoms in total. The van der Waals surface area contributed by atoms with E-state index in [4.69, 9.17) is 9.26 Å². The molecule has 0 bridgehead atoms. The maximum absolute atomic E-state index is 5.45. The van der Waals surface area contributed by atoms with Crippen LogP contribution in [-0.2, 0) is 24.1 Å². The van der Waals surface area contributed by atoms with E-state index < -0.39 is 0 Å². The van der Waals surface area contributed by atoms with E-state index in [1.54, 1.807) is 0 Å². The average molecular weight is 404 g/mol. The molecule has 1 saturated heterocycles. The molecule has 0 unspecified atom stereocenters. The Morgan fingerprint density at radius 2 is 1.80 bits per heavy atom. The van der Waals surface area contributed by atoms with Gasteiger partial charge in [0.2, 0.25) is 11.7 Å². The molecule has 3 heterocycles. The largest absolute Gasteiger partial charge is 0.379 e. The van der Waals surface area contributed by atoms with E-state index in [9.17, 15) is 0 Å². The zero-order chi connectivity index (χ0) is 20.2. The smallest absolute Gasteiger partial charge is 0.227 e. The van der Waals surface area contributed by atoms with Crippen LogP contribution in [0, 0.1) is 0 Å². The summed E-state index contributed by atoms with van der Waals surface area (Å²) in [6.45, 7) is 5.31. The first kappa shape index (κ1) is 18.9. The highest BCUT2D eigenvalue weighted by Gasteiger charge is 2.14. The minimum absolute atomic E-state index is 0.586. The van der Waals surface area contributed by atoms with Gasteiger partial charge in [-0.2, -0.15) is 4.98 Å². The second kappa shape index (κ2) is 8.73. The van der Waals surface area contributed by atoms with Crippen molar-refractivity contribution in [2.75, 3.05) is 32.8 Å². The molecule has 1 fully saturated rings. The third kappa shape index (κ3) is 4.24. The molecule has 2 aromatic heterocycles. The number of benzene rings is 2. The van der Waals surface area contributed by atoms with Gasteiger partial charge in [0, 0.05) is 31.6 Å². The maximum Gasteiger partial charge on any atom is 0.227 e. The Kier molecular flexibility index (Phi) is 5.50. The molecule has 0 amide bonds. The molecule has 1 aliphatic heterocycles. The number of morpholine rings is 1. The van der Waals surface area contributed by atoms with Gasteiger partial charge in [0.25, 0.3) is 0 Å². The van der Waals surface area contributed by atoms with Crippen LogP contribution in [0.4, 0.5) is 0 Å². The van der Waals surface area contributed by atoms with Crippen LogP contribution in [0.1, 0.15) is 11.5 Å². The Labute approximate surface area is 174 Å². The topological polar surface area (TPSA) is 82.1 Å². The lowest BCUT2D eigenvalue weighted by Crippen LogP contribution is -2.38. The van der Waals surface area contributed by atoms with Crippen molar-refractivity contribution in [3.8, 4) is 11.4 Å². The minimum Gasteiger partial charge on any atom is -0.379 e. The van der Waals surface area contributed by atoms with Crippen LogP contribution in [0.2, 0.25) is 0 Å². The Hall–Kier alpha value is -3.10. The van der Waals surface area contributed by atoms with Crippen LogP contribution in [0.15, 0.2) is 53.1 Å². The number of aryl methyl sites for hydroxylation is 2. The Morgan fingerprint density at radius 1 is 0.933 bits per heavy atom.